The lowest BCUT2D eigenvalue weighted by molar-refractivity contribution is -0.590. The average Bonchev–Trinajstić information content (AvgIpc) is 2.98. The highest BCUT2D eigenvalue weighted by atomic mass is 79.9. The van der Waals surface area contributed by atoms with E-state index in [1.165, 1.54) is 6.21 Å². The third-order valence-electron chi connectivity index (χ3n) is 7.62. The molecule has 0 radical (unpaired) electrons. The van der Waals surface area contributed by atoms with E-state index in [0.29, 0.717) is 17.7 Å². The quantitative estimate of drug-likeness (QED) is 0.258. The van der Waals surface area contributed by atoms with Gasteiger partial charge in [0.2, 0.25) is 0 Å². The molecule has 1 aliphatic carbocycles. The standard InChI is InChI=1S/C31H38BrN5O3/c1-22-18-30(9-4-24(22)19-33)40-29-10-5-26(6-11-29)36-31(38)23-2-7-27(8-3-23)37-15-12-28(13-16-37)39-17-14-35-21-25(32)20-34/h2-4,7-9,18,20-21,26,28-29,34-35H,5-6,10-17H2,1H3,(H,36,38)/p+1/b25-21+,34-20?. The van der Waals surface area contributed by atoms with E-state index in [4.69, 9.17) is 20.1 Å². The zero-order valence-corrected chi connectivity index (χ0v) is 24.7. The summed E-state index contributed by atoms with van der Waals surface area (Å²) in [5.41, 5.74) is 3.42. The molecule has 0 atom stereocenters. The molecule has 4 rings (SSSR count). The molecule has 40 heavy (non-hydrogen) atoms. The van der Waals surface area contributed by atoms with Gasteiger partial charge in [-0.3, -0.25) is 4.79 Å². The Morgan fingerprint density at radius 1 is 1.12 bits per heavy atom. The van der Waals surface area contributed by atoms with Crippen molar-refractivity contribution in [3.8, 4) is 11.8 Å². The van der Waals surface area contributed by atoms with Crippen LogP contribution in [0.2, 0.25) is 0 Å². The maximum atomic E-state index is 12.9. The summed E-state index contributed by atoms with van der Waals surface area (Å²) in [6.45, 7) is 5.32. The fourth-order valence-electron chi connectivity index (χ4n) is 5.27. The summed E-state index contributed by atoms with van der Waals surface area (Å²) in [6, 6.07) is 15.9. The molecule has 2 aromatic carbocycles. The second-order valence-electron chi connectivity index (χ2n) is 10.5. The fraction of sp³-hybridized carbons (Fsp3) is 0.452. The summed E-state index contributed by atoms with van der Waals surface area (Å²) in [5.74, 6) is 0.780. The highest BCUT2D eigenvalue weighted by molar-refractivity contribution is 9.12. The van der Waals surface area contributed by atoms with Crippen molar-refractivity contribution in [1.82, 2.24) is 5.32 Å². The van der Waals surface area contributed by atoms with Gasteiger partial charge in [0.1, 0.15) is 18.5 Å². The maximum absolute atomic E-state index is 12.9. The Balaban J connectivity index is 1.15. The first-order valence-corrected chi connectivity index (χ1v) is 14.9. The molecule has 9 heteroatoms. The van der Waals surface area contributed by atoms with Crippen molar-refractivity contribution in [2.24, 2.45) is 0 Å². The third kappa shape index (κ3) is 8.65. The number of ether oxygens (including phenoxy) is 2. The molecule has 4 N–H and O–H groups in total. The minimum atomic E-state index is -0.0231. The topological polar surface area (TPSA) is 115 Å². The number of benzene rings is 2. The average molecular weight is 610 g/mol. The second-order valence-corrected chi connectivity index (χ2v) is 11.4. The number of nitriles is 1. The minimum absolute atomic E-state index is 0.0231. The Morgan fingerprint density at radius 2 is 1.85 bits per heavy atom. The number of hydrogen-bond donors (Lipinski definition) is 3. The predicted octanol–water partition coefficient (Wildman–Crippen LogP) is 4.42. The number of nitrogens with one attached hydrogen (secondary N) is 2. The van der Waals surface area contributed by atoms with E-state index in [9.17, 15) is 4.79 Å². The molecule has 8 nitrogen and oxygen atoms in total. The Kier molecular flexibility index (Phi) is 11.2. The minimum Gasteiger partial charge on any atom is -0.490 e. The van der Waals surface area contributed by atoms with Gasteiger partial charge in [-0.25, -0.2) is 0 Å². The van der Waals surface area contributed by atoms with Gasteiger partial charge in [-0.15, -0.1) is 0 Å². The largest absolute Gasteiger partial charge is 0.490 e. The first-order chi connectivity index (χ1) is 19.4. The lowest BCUT2D eigenvalue weighted by Gasteiger charge is -2.33. The van der Waals surface area contributed by atoms with Gasteiger partial charge in [-0.05, 0) is 109 Å². The van der Waals surface area contributed by atoms with Gasteiger partial charge >= 0.3 is 0 Å². The molecule has 2 fully saturated rings. The van der Waals surface area contributed by atoms with Crippen LogP contribution in [0, 0.1) is 23.7 Å². The molecule has 1 heterocycles. The summed E-state index contributed by atoms with van der Waals surface area (Å²) >= 11 is 3.29. The van der Waals surface area contributed by atoms with Gasteiger partial charge < -0.3 is 30.4 Å². The first-order valence-electron chi connectivity index (χ1n) is 14.1. The Morgan fingerprint density at radius 3 is 2.50 bits per heavy atom. The summed E-state index contributed by atoms with van der Waals surface area (Å²) in [7, 11) is 0. The highest BCUT2D eigenvalue weighted by Gasteiger charge is 2.25. The fourth-order valence-corrected chi connectivity index (χ4v) is 5.46. The van der Waals surface area contributed by atoms with Crippen molar-refractivity contribution < 1.29 is 19.6 Å². The van der Waals surface area contributed by atoms with Gasteiger partial charge in [0, 0.05) is 36.6 Å². The van der Waals surface area contributed by atoms with Crippen LogP contribution in [0.15, 0.2) is 53.1 Å². The van der Waals surface area contributed by atoms with Crippen molar-refractivity contribution in [1.29, 1.82) is 10.7 Å². The summed E-state index contributed by atoms with van der Waals surface area (Å²) < 4.78 is 12.9. The van der Waals surface area contributed by atoms with Gasteiger partial charge in [0.25, 0.3) is 5.91 Å². The number of quaternary nitrogens is 1. The first kappa shape index (κ1) is 29.8. The van der Waals surface area contributed by atoms with E-state index in [1.54, 1.807) is 6.07 Å². The Labute approximate surface area is 245 Å². The van der Waals surface area contributed by atoms with Gasteiger partial charge in [0.05, 0.1) is 34.9 Å². The van der Waals surface area contributed by atoms with E-state index >= 15 is 0 Å². The number of nitrogens with two attached hydrogens (primary N) is 1. The van der Waals surface area contributed by atoms with Crippen LogP contribution < -0.4 is 20.3 Å². The number of nitrogens with zero attached hydrogens (tertiary/aromatic N) is 2. The number of amides is 1. The number of aryl methyl sites for hydroxylation is 1. The van der Waals surface area contributed by atoms with Crippen LogP contribution in [0.25, 0.3) is 0 Å². The molecule has 1 saturated heterocycles. The molecule has 0 unspecified atom stereocenters. The maximum Gasteiger partial charge on any atom is 0.251 e. The normalized spacial score (nSPS) is 20.0. The van der Waals surface area contributed by atoms with Crippen molar-refractivity contribution in [3.63, 3.8) is 0 Å². The lowest BCUT2D eigenvalue weighted by atomic mass is 9.92. The number of piperidine rings is 1. The highest BCUT2D eigenvalue weighted by Crippen LogP contribution is 2.26. The molecular formula is C31H39BrN5O3+. The molecular weight excluding hydrogens is 570 g/mol. The molecule has 0 spiro atoms. The molecule has 212 valence electrons. The zero-order valence-electron chi connectivity index (χ0n) is 23.1. The molecule has 2 aliphatic rings. The molecule has 1 amide bonds. The molecule has 1 saturated carbocycles. The third-order valence-corrected chi connectivity index (χ3v) is 8.11. The van der Waals surface area contributed by atoms with E-state index < -0.39 is 0 Å². The molecule has 2 aromatic rings. The molecule has 1 aliphatic heterocycles. The van der Waals surface area contributed by atoms with Gasteiger partial charge in [-0.2, -0.15) is 5.26 Å². The monoisotopic (exact) mass is 608 g/mol. The van der Waals surface area contributed by atoms with E-state index in [-0.39, 0.29) is 24.2 Å². The van der Waals surface area contributed by atoms with Gasteiger partial charge in [0.15, 0.2) is 0 Å². The zero-order chi connectivity index (χ0) is 28.3. The van der Waals surface area contributed by atoms with E-state index in [1.807, 2.05) is 54.8 Å². The van der Waals surface area contributed by atoms with Crippen LogP contribution in [0.5, 0.6) is 5.75 Å². The van der Waals surface area contributed by atoms with Crippen molar-refractivity contribution >= 4 is 33.7 Å². The number of allylic oxidation sites excluding steroid dienone is 1. The Hall–Kier alpha value is -3.19. The van der Waals surface area contributed by atoms with Crippen molar-refractivity contribution in [3.05, 3.63) is 69.8 Å². The van der Waals surface area contributed by atoms with E-state index in [0.717, 1.165) is 79.6 Å². The summed E-state index contributed by atoms with van der Waals surface area (Å²) in [5, 5.41) is 21.5. The molecule has 0 aromatic heterocycles. The van der Waals surface area contributed by atoms with Gasteiger partial charge in [-0.1, -0.05) is 0 Å². The summed E-state index contributed by atoms with van der Waals surface area (Å²) in [4.78, 5) is 15.3. The smallest absolute Gasteiger partial charge is 0.251 e. The van der Waals surface area contributed by atoms with Crippen LogP contribution in [0.3, 0.4) is 0 Å². The van der Waals surface area contributed by atoms with E-state index in [2.05, 4.69) is 32.2 Å². The number of anilines is 1. The number of carbonyl (C=O) groups is 1. The van der Waals surface area contributed by atoms with Crippen LogP contribution in [0.4, 0.5) is 5.69 Å². The van der Waals surface area contributed by atoms with Crippen molar-refractivity contribution in [2.45, 2.75) is 63.7 Å². The predicted molar refractivity (Wildman–Crippen MR) is 160 cm³/mol. The number of carbonyl (C=O) groups excluding carboxylic acids is 1. The number of rotatable bonds is 11. The van der Waals surface area contributed by atoms with Crippen LogP contribution in [-0.4, -0.2) is 56.6 Å². The lowest BCUT2D eigenvalue weighted by Crippen LogP contribution is -2.79. The summed E-state index contributed by atoms with van der Waals surface area (Å²) in [6.07, 6.45) is 9.08. The number of hydrogen-bond acceptors (Lipinski definition) is 6. The van der Waals surface area contributed by atoms with Crippen molar-refractivity contribution in [2.75, 3.05) is 31.1 Å². The SMILES string of the molecule is Cc1cc(OC2CCC(NC(=O)c3ccc(N4CCC(OCC[NH2+]/C=C(/Br)C=N)CC4)cc3)CC2)ccc1C#N. The van der Waals surface area contributed by atoms with Crippen LogP contribution in [-0.2, 0) is 4.74 Å². The van der Waals surface area contributed by atoms with Crippen LogP contribution in [0.1, 0.15) is 60.0 Å². The molecule has 0 bridgehead atoms. The second kappa shape index (κ2) is 15.0. The Bertz CT molecular complexity index is 1210. The van der Waals surface area contributed by atoms with Crippen LogP contribution >= 0.6 is 15.9 Å². The number of halogens is 1.